The number of alkyl carbamates (subject to hydrolysis) is 1. The van der Waals surface area contributed by atoms with Gasteiger partial charge in [-0.2, -0.15) is 0 Å². The molecule has 2 unspecified atom stereocenters. The summed E-state index contributed by atoms with van der Waals surface area (Å²) in [5.74, 6) is -0.821. The smallest absolute Gasteiger partial charge is 0.408 e. The third-order valence-electron chi connectivity index (χ3n) is 6.28. The fraction of sp³-hybridized carbons (Fsp3) is 0.783. The second-order valence-corrected chi connectivity index (χ2v) is 9.87. The third-order valence-corrected chi connectivity index (χ3v) is 6.28. The predicted molar refractivity (Wildman–Crippen MR) is 111 cm³/mol. The zero-order valence-corrected chi connectivity index (χ0v) is 19.0. The Balaban J connectivity index is 2.15. The van der Waals surface area contributed by atoms with Crippen molar-refractivity contribution in [1.29, 1.82) is 0 Å². The maximum atomic E-state index is 13.0. The molecule has 0 aromatic heterocycles. The molecule has 2 aliphatic rings. The van der Waals surface area contributed by atoms with Crippen LogP contribution in [-0.2, 0) is 19.1 Å². The number of fused-ring (bicyclic) bond motifs is 1. The second kappa shape index (κ2) is 8.88. The summed E-state index contributed by atoms with van der Waals surface area (Å²) >= 11 is 0. The second-order valence-electron chi connectivity index (χ2n) is 9.87. The Morgan fingerprint density at radius 3 is 2.52 bits per heavy atom. The van der Waals surface area contributed by atoms with E-state index in [0.717, 1.165) is 31.3 Å². The summed E-state index contributed by atoms with van der Waals surface area (Å²) in [6.45, 7) is 13.1. The molecule has 2 rings (SSSR count). The predicted octanol–water partition coefficient (Wildman–Crippen LogP) is 4.71. The molecule has 29 heavy (non-hydrogen) atoms. The number of carbonyl (C=O) groups is 3. The largest absolute Gasteiger partial charge is 0.452 e. The van der Waals surface area contributed by atoms with Crippen molar-refractivity contribution in [3.05, 3.63) is 11.1 Å². The van der Waals surface area contributed by atoms with E-state index < -0.39 is 29.8 Å². The molecular weight excluding hydrogens is 370 g/mol. The Labute approximate surface area is 174 Å². The number of ketones is 1. The van der Waals surface area contributed by atoms with E-state index >= 15 is 0 Å². The maximum absolute atomic E-state index is 13.0. The van der Waals surface area contributed by atoms with Crippen molar-refractivity contribution in [3.63, 3.8) is 0 Å². The lowest BCUT2D eigenvalue weighted by Crippen LogP contribution is -2.50. The molecule has 0 radical (unpaired) electrons. The molecule has 4 atom stereocenters. The summed E-state index contributed by atoms with van der Waals surface area (Å²) in [6.07, 6.45) is 3.93. The number of nitrogens with one attached hydrogen (secondary N) is 1. The quantitative estimate of drug-likeness (QED) is 0.668. The van der Waals surface area contributed by atoms with E-state index in [1.165, 1.54) is 5.57 Å². The number of esters is 1. The first-order valence-corrected chi connectivity index (χ1v) is 10.8. The summed E-state index contributed by atoms with van der Waals surface area (Å²) in [7, 11) is 0. The van der Waals surface area contributed by atoms with Gasteiger partial charge >= 0.3 is 12.1 Å². The standard InChI is InChI=1S/C23H37NO5/c1-8-14(2)18(24-21(27)29-22(4,5)6)20(26)28-17-13-23(7)12-10-9-11-16(23)15(3)19(17)25/h14,17-18H,8-13H2,1-7H3,(H,24,27)/t14?,17-,18?,23+/m1/s1. The van der Waals surface area contributed by atoms with Crippen LogP contribution >= 0.6 is 0 Å². The minimum Gasteiger partial charge on any atom is -0.452 e. The highest BCUT2D eigenvalue weighted by Crippen LogP contribution is 2.49. The Hall–Kier alpha value is -1.85. The van der Waals surface area contributed by atoms with Gasteiger partial charge in [0.1, 0.15) is 11.6 Å². The van der Waals surface area contributed by atoms with Crippen LogP contribution in [0.5, 0.6) is 0 Å². The lowest BCUT2D eigenvalue weighted by molar-refractivity contribution is -0.159. The number of amides is 1. The maximum Gasteiger partial charge on any atom is 0.408 e. The summed E-state index contributed by atoms with van der Waals surface area (Å²) in [4.78, 5) is 38.1. The number of carbonyl (C=O) groups excluding carboxylic acids is 3. The average molecular weight is 408 g/mol. The molecule has 164 valence electrons. The number of ether oxygens (including phenoxy) is 2. The van der Waals surface area contributed by atoms with Crippen molar-refractivity contribution in [2.45, 2.75) is 105 Å². The van der Waals surface area contributed by atoms with Crippen LogP contribution in [0.3, 0.4) is 0 Å². The molecule has 0 aromatic rings. The average Bonchev–Trinajstić information content (AvgIpc) is 2.61. The Kier molecular flexibility index (Phi) is 7.18. The molecule has 0 aliphatic heterocycles. The van der Waals surface area contributed by atoms with E-state index in [1.54, 1.807) is 20.8 Å². The SMILES string of the molecule is CCC(C)C(NC(=O)OC(C)(C)C)C(=O)O[C@@H]1C[C@]2(C)CCCCC2=C(C)C1=O. The molecular formula is C23H37NO5. The molecule has 0 bridgehead atoms. The Morgan fingerprint density at radius 2 is 1.93 bits per heavy atom. The van der Waals surface area contributed by atoms with Crippen LogP contribution in [0.2, 0.25) is 0 Å². The molecule has 6 nitrogen and oxygen atoms in total. The number of hydrogen-bond acceptors (Lipinski definition) is 5. The van der Waals surface area contributed by atoms with Crippen LogP contribution in [0.25, 0.3) is 0 Å². The molecule has 0 saturated heterocycles. The minimum absolute atomic E-state index is 0.0916. The normalized spacial score (nSPS) is 27.0. The van der Waals surface area contributed by atoms with E-state index in [1.807, 2.05) is 20.8 Å². The van der Waals surface area contributed by atoms with Crippen molar-refractivity contribution in [2.24, 2.45) is 11.3 Å². The van der Waals surface area contributed by atoms with Gasteiger partial charge in [0, 0.05) is 6.42 Å². The number of hydrogen-bond donors (Lipinski definition) is 1. The molecule has 1 amide bonds. The summed E-state index contributed by atoms with van der Waals surface area (Å²) in [5, 5.41) is 2.65. The molecule has 2 aliphatic carbocycles. The van der Waals surface area contributed by atoms with Crippen LogP contribution in [0, 0.1) is 11.3 Å². The van der Waals surface area contributed by atoms with Gasteiger partial charge in [0.25, 0.3) is 0 Å². The van der Waals surface area contributed by atoms with Gasteiger partial charge in [0.15, 0.2) is 11.9 Å². The van der Waals surface area contributed by atoms with Gasteiger partial charge in [0.05, 0.1) is 0 Å². The van der Waals surface area contributed by atoms with Gasteiger partial charge in [-0.25, -0.2) is 9.59 Å². The van der Waals surface area contributed by atoms with E-state index in [2.05, 4.69) is 12.2 Å². The van der Waals surface area contributed by atoms with Crippen LogP contribution in [0.1, 0.15) is 87.0 Å². The van der Waals surface area contributed by atoms with Crippen molar-refractivity contribution in [2.75, 3.05) is 0 Å². The number of allylic oxidation sites excluding steroid dienone is 1. The van der Waals surface area contributed by atoms with Crippen LogP contribution in [-0.4, -0.2) is 35.6 Å². The highest BCUT2D eigenvalue weighted by atomic mass is 16.6. The lowest BCUT2D eigenvalue weighted by atomic mass is 9.63. The van der Waals surface area contributed by atoms with Gasteiger partial charge in [0.2, 0.25) is 0 Å². The lowest BCUT2D eigenvalue weighted by Gasteiger charge is -2.43. The Morgan fingerprint density at radius 1 is 1.28 bits per heavy atom. The monoisotopic (exact) mass is 407 g/mol. The van der Waals surface area contributed by atoms with Gasteiger partial charge in [-0.1, -0.05) is 39.2 Å². The van der Waals surface area contributed by atoms with Gasteiger partial charge < -0.3 is 14.8 Å². The fourth-order valence-electron chi connectivity index (χ4n) is 4.44. The number of rotatable bonds is 5. The van der Waals surface area contributed by atoms with Gasteiger partial charge in [-0.05, 0) is 63.9 Å². The first-order valence-electron chi connectivity index (χ1n) is 10.8. The highest BCUT2D eigenvalue weighted by Gasteiger charge is 2.45. The first kappa shape index (κ1) is 23.4. The van der Waals surface area contributed by atoms with Crippen LogP contribution < -0.4 is 5.32 Å². The van der Waals surface area contributed by atoms with Crippen LogP contribution in [0.4, 0.5) is 4.79 Å². The molecule has 0 spiro atoms. The molecule has 1 N–H and O–H groups in total. The van der Waals surface area contributed by atoms with Crippen LogP contribution in [0.15, 0.2) is 11.1 Å². The molecule has 0 heterocycles. The highest BCUT2D eigenvalue weighted by molar-refractivity contribution is 6.01. The van der Waals surface area contributed by atoms with E-state index in [4.69, 9.17) is 9.47 Å². The van der Waals surface area contributed by atoms with E-state index in [9.17, 15) is 14.4 Å². The molecule has 1 saturated carbocycles. The summed E-state index contributed by atoms with van der Waals surface area (Å²) in [6, 6.07) is -0.854. The number of Topliss-reactive ketones (excluding diaryl/α,β-unsaturated/α-hetero) is 1. The molecule has 1 fully saturated rings. The van der Waals surface area contributed by atoms with Crippen molar-refractivity contribution in [1.82, 2.24) is 5.32 Å². The van der Waals surface area contributed by atoms with E-state index in [0.29, 0.717) is 12.8 Å². The van der Waals surface area contributed by atoms with E-state index in [-0.39, 0.29) is 17.1 Å². The minimum atomic E-state index is -0.854. The molecule has 0 aromatic carbocycles. The zero-order valence-electron chi connectivity index (χ0n) is 19.0. The van der Waals surface area contributed by atoms with Gasteiger partial charge in [-0.3, -0.25) is 4.79 Å². The summed E-state index contributed by atoms with van der Waals surface area (Å²) < 4.78 is 11.0. The third kappa shape index (κ3) is 5.61. The van der Waals surface area contributed by atoms with Crippen molar-refractivity contribution in [3.8, 4) is 0 Å². The zero-order chi connectivity index (χ0) is 22.0. The van der Waals surface area contributed by atoms with Gasteiger partial charge in [-0.15, -0.1) is 0 Å². The Bertz CT molecular complexity index is 690. The first-order chi connectivity index (χ1) is 13.4. The summed E-state index contributed by atoms with van der Waals surface area (Å²) in [5.41, 5.74) is 1.22. The van der Waals surface area contributed by atoms with Crippen molar-refractivity contribution >= 4 is 17.8 Å². The topological polar surface area (TPSA) is 81.7 Å². The fourth-order valence-corrected chi connectivity index (χ4v) is 4.44. The van der Waals surface area contributed by atoms with Crippen molar-refractivity contribution < 1.29 is 23.9 Å². The molecule has 6 heteroatoms.